The van der Waals surface area contributed by atoms with Crippen LogP contribution in [-0.4, -0.2) is 66.0 Å². The number of aromatic hydroxyl groups is 1. The van der Waals surface area contributed by atoms with Gasteiger partial charge < -0.3 is 29.2 Å². The number of ether oxygens (including phenoxy) is 1. The highest BCUT2D eigenvalue weighted by molar-refractivity contribution is 6.16. The van der Waals surface area contributed by atoms with E-state index in [1.165, 1.54) is 18.1 Å². The third kappa shape index (κ3) is 3.69. The second kappa shape index (κ2) is 8.39. The number of benzene rings is 2. The maximum Gasteiger partial charge on any atom is 0.290 e. The van der Waals surface area contributed by atoms with E-state index in [-0.39, 0.29) is 29.4 Å². The molecular formula is C24H24N2O6. The summed E-state index contributed by atoms with van der Waals surface area (Å²) in [6.07, 6.45) is 0. The molecular weight excluding hydrogens is 412 g/mol. The quantitative estimate of drug-likeness (QED) is 0.548. The first-order valence-electron chi connectivity index (χ1n) is 10.1. The molecule has 0 aliphatic carbocycles. The van der Waals surface area contributed by atoms with Gasteiger partial charge in [0.15, 0.2) is 23.0 Å². The van der Waals surface area contributed by atoms with Crippen LogP contribution < -0.4 is 4.74 Å². The van der Waals surface area contributed by atoms with E-state index in [0.29, 0.717) is 17.7 Å². The molecule has 1 aromatic heterocycles. The van der Waals surface area contributed by atoms with Crippen molar-refractivity contribution in [2.24, 2.45) is 0 Å². The van der Waals surface area contributed by atoms with Gasteiger partial charge in [0.2, 0.25) is 5.78 Å². The molecule has 1 amide bonds. The van der Waals surface area contributed by atoms with Gasteiger partial charge >= 0.3 is 0 Å². The Kier molecular flexibility index (Phi) is 5.63. The monoisotopic (exact) mass is 436 g/mol. The smallest absolute Gasteiger partial charge is 0.290 e. The molecule has 3 aromatic rings. The first-order chi connectivity index (χ1) is 15.3. The third-order valence-corrected chi connectivity index (χ3v) is 5.50. The van der Waals surface area contributed by atoms with E-state index < -0.39 is 23.5 Å². The standard InChI is InChI=1S/C24H24N2O6/c1-25(2)10-11-26-21(15-8-9-18(31-3)16(27)12-15)20(23(29)24(26)30)22(28)19-13-14-6-4-5-7-17(14)32-19/h4-9,12-13,21,27,29H,10-11H2,1-3H3. The number of phenols is 1. The number of amides is 1. The molecule has 1 aliphatic rings. The van der Waals surface area contributed by atoms with Crippen molar-refractivity contribution in [3.63, 3.8) is 0 Å². The van der Waals surface area contributed by atoms with Gasteiger partial charge in [-0.1, -0.05) is 24.3 Å². The normalized spacial score (nSPS) is 16.4. The molecule has 0 bridgehead atoms. The fourth-order valence-electron chi connectivity index (χ4n) is 3.87. The number of hydrogen-bond donors (Lipinski definition) is 2. The predicted molar refractivity (Wildman–Crippen MR) is 118 cm³/mol. The molecule has 2 N–H and O–H groups in total. The maximum absolute atomic E-state index is 13.5. The molecule has 0 saturated heterocycles. The molecule has 0 fully saturated rings. The van der Waals surface area contributed by atoms with Gasteiger partial charge in [0.05, 0.1) is 18.7 Å². The van der Waals surface area contributed by atoms with E-state index in [4.69, 9.17) is 9.15 Å². The number of likely N-dealkylation sites (N-methyl/N-ethyl adjacent to an activating group) is 1. The second-order valence-electron chi connectivity index (χ2n) is 7.88. The number of ketones is 1. The van der Waals surface area contributed by atoms with Crippen LogP contribution in [0.3, 0.4) is 0 Å². The lowest BCUT2D eigenvalue weighted by atomic mass is 9.94. The number of aliphatic hydroxyl groups excluding tert-OH is 1. The summed E-state index contributed by atoms with van der Waals surface area (Å²) >= 11 is 0. The first kappa shape index (κ1) is 21.5. The fourth-order valence-corrected chi connectivity index (χ4v) is 3.87. The Morgan fingerprint density at radius 2 is 1.91 bits per heavy atom. The molecule has 2 heterocycles. The van der Waals surface area contributed by atoms with Crippen molar-refractivity contribution in [2.45, 2.75) is 6.04 Å². The molecule has 166 valence electrons. The summed E-state index contributed by atoms with van der Waals surface area (Å²) in [5.74, 6) is -1.69. The van der Waals surface area contributed by atoms with E-state index in [1.54, 1.807) is 30.3 Å². The zero-order valence-corrected chi connectivity index (χ0v) is 18.0. The lowest BCUT2D eigenvalue weighted by Crippen LogP contribution is -2.36. The molecule has 8 heteroatoms. The number of rotatable bonds is 7. The minimum absolute atomic E-state index is 0.0257. The SMILES string of the molecule is COc1ccc(C2C(C(=O)c3cc4ccccc4o3)=C(O)C(=O)N2CCN(C)C)cc1O. The van der Waals surface area contributed by atoms with Gasteiger partial charge in [-0.25, -0.2) is 0 Å². The zero-order valence-electron chi connectivity index (χ0n) is 18.0. The molecule has 4 rings (SSSR count). The van der Waals surface area contributed by atoms with Crippen molar-refractivity contribution in [1.82, 2.24) is 9.80 Å². The number of furan rings is 1. The van der Waals surface area contributed by atoms with Crippen molar-refractivity contribution in [1.29, 1.82) is 0 Å². The summed E-state index contributed by atoms with van der Waals surface area (Å²) in [5.41, 5.74) is 0.916. The second-order valence-corrected chi connectivity index (χ2v) is 7.88. The van der Waals surface area contributed by atoms with Gasteiger partial charge in [0.25, 0.3) is 5.91 Å². The number of carbonyl (C=O) groups is 2. The van der Waals surface area contributed by atoms with Crippen LogP contribution in [0.15, 0.2) is 64.3 Å². The topological polar surface area (TPSA) is 103 Å². The van der Waals surface area contributed by atoms with Crippen LogP contribution in [0.5, 0.6) is 11.5 Å². The Balaban J connectivity index is 1.80. The number of hydrogen-bond acceptors (Lipinski definition) is 7. The molecule has 32 heavy (non-hydrogen) atoms. The summed E-state index contributed by atoms with van der Waals surface area (Å²) in [5, 5.41) is 21.8. The Morgan fingerprint density at radius 1 is 1.16 bits per heavy atom. The average Bonchev–Trinajstić information content (AvgIpc) is 3.31. The lowest BCUT2D eigenvalue weighted by molar-refractivity contribution is -0.129. The molecule has 1 aliphatic heterocycles. The van der Waals surface area contributed by atoms with Crippen LogP contribution in [-0.2, 0) is 4.79 Å². The molecule has 8 nitrogen and oxygen atoms in total. The Bertz CT molecular complexity index is 1190. The summed E-state index contributed by atoms with van der Waals surface area (Å²) in [6.45, 7) is 0.786. The van der Waals surface area contributed by atoms with E-state index in [9.17, 15) is 19.8 Å². The van der Waals surface area contributed by atoms with Crippen LogP contribution in [0.25, 0.3) is 11.0 Å². The number of carbonyl (C=O) groups excluding carboxylic acids is 2. The van der Waals surface area contributed by atoms with Gasteiger partial charge in [-0.15, -0.1) is 0 Å². The van der Waals surface area contributed by atoms with Crippen LogP contribution in [0.2, 0.25) is 0 Å². The number of fused-ring (bicyclic) bond motifs is 1. The summed E-state index contributed by atoms with van der Waals surface area (Å²) in [7, 11) is 5.16. The summed E-state index contributed by atoms with van der Waals surface area (Å²) in [6, 6.07) is 12.5. The molecule has 1 atom stereocenters. The number of Topliss-reactive ketones (excluding diaryl/α,β-unsaturated/α-hetero) is 1. The molecule has 1 unspecified atom stereocenters. The highest BCUT2D eigenvalue weighted by atomic mass is 16.5. The molecule has 0 spiro atoms. The predicted octanol–water partition coefficient (Wildman–Crippen LogP) is 3.29. The van der Waals surface area contributed by atoms with Gasteiger partial charge in [-0.2, -0.15) is 0 Å². The highest BCUT2D eigenvalue weighted by Crippen LogP contribution is 2.41. The number of nitrogens with zero attached hydrogens (tertiary/aromatic N) is 2. The van der Waals surface area contributed by atoms with Crippen molar-refractivity contribution < 1.29 is 29.0 Å². The van der Waals surface area contributed by atoms with Crippen LogP contribution in [0, 0.1) is 0 Å². The van der Waals surface area contributed by atoms with Crippen LogP contribution in [0.4, 0.5) is 0 Å². The average molecular weight is 436 g/mol. The molecule has 2 aromatic carbocycles. The van der Waals surface area contributed by atoms with Crippen LogP contribution >= 0.6 is 0 Å². The Morgan fingerprint density at radius 3 is 2.56 bits per heavy atom. The third-order valence-electron chi connectivity index (χ3n) is 5.50. The minimum atomic E-state index is -0.889. The highest BCUT2D eigenvalue weighted by Gasteiger charge is 2.44. The maximum atomic E-state index is 13.5. The van der Waals surface area contributed by atoms with E-state index in [0.717, 1.165) is 5.39 Å². The lowest BCUT2D eigenvalue weighted by Gasteiger charge is -2.28. The van der Waals surface area contributed by atoms with Crippen LogP contribution in [0.1, 0.15) is 22.2 Å². The van der Waals surface area contributed by atoms with Gasteiger partial charge in [0.1, 0.15) is 5.58 Å². The summed E-state index contributed by atoms with van der Waals surface area (Å²) in [4.78, 5) is 29.7. The number of aliphatic hydroxyl groups is 1. The van der Waals surface area contributed by atoms with E-state index >= 15 is 0 Å². The van der Waals surface area contributed by atoms with Gasteiger partial charge in [0, 0.05) is 18.5 Å². The van der Waals surface area contributed by atoms with Crippen molar-refractivity contribution in [2.75, 3.05) is 34.3 Å². The van der Waals surface area contributed by atoms with E-state index in [2.05, 4.69) is 0 Å². The van der Waals surface area contributed by atoms with Crippen molar-refractivity contribution >= 4 is 22.7 Å². The van der Waals surface area contributed by atoms with Gasteiger partial charge in [-0.05, 0) is 43.9 Å². The Hall–Kier alpha value is -3.78. The van der Waals surface area contributed by atoms with E-state index in [1.807, 2.05) is 31.1 Å². The fraction of sp³-hybridized carbons (Fsp3) is 0.250. The summed E-state index contributed by atoms with van der Waals surface area (Å²) < 4.78 is 10.8. The Labute approximate surface area is 184 Å². The minimum Gasteiger partial charge on any atom is -0.504 e. The molecule has 0 radical (unpaired) electrons. The van der Waals surface area contributed by atoms with Crippen molar-refractivity contribution in [3.8, 4) is 11.5 Å². The molecule has 0 saturated carbocycles. The largest absolute Gasteiger partial charge is 0.504 e. The number of phenolic OH excluding ortho intramolecular Hbond substituents is 1. The van der Waals surface area contributed by atoms with Gasteiger partial charge in [-0.3, -0.25) is 9.59 Å². The zero-order chi connectivity index (χ0) is 23.0. The van der Waals surface area contributed by atoms with Crippen molar-refractivity contribution in [3.05, 3.63) is 71.2 Å². The number of para-hydroxylation sites is 1. The first-order valence-corrected chi connectivity index (χ1v) is 10.1. The number of methoxy groups -OCH3 is 1.